The monoisotopic (exact) mass is 463 g/mol. The van der Waals surface area contributed by atoms with E-state index in [-0.39, 0.29) is 23.5 Å². The predicted octanol–water partition coefficient (Wildman–Crippen LogP) is 5.31. The Morgan fingerprint density at radius 1 is 1.10 bits per heavy atom. The lowest BCUT2D eigenvalue weighted by Gasteiger charge is -2.37. The molecule has 3 rings (SSSR count). The molecule has 166 valence electrons. The summed E-state index contributed by atoms with van der Waals surface area (Å²) in [7, 11) is -3.89. The van der Waals surface area contributed by atoms with Gasteiger partial charge in [0, 0.05) is 10.6 Å². The Morgan fingerprint density at radius 2 is 1.77 bits per heavy atom. The van der Waals surface area contributed by atoms with E-state index >= 15 is 0 Å². The van der Waals surface area contributed by atoms with Gasteiger partial charge in [-0.25, -0.2) is 8.42 Å². The highest BCUT2D eigenvalue weighted by Crippen LogP contribution is 2.39. The first-order chi connectivity index (χ1) is 14.5. The zero-order chi connectivity index (χ0) is 22.8. The SMILES string of the molecule is CC(C)OCc1nnc(-c2cc(Cl)ccc2N(C(C)(C)C)S(=O)(=O)c2ccccc2)o1. The van der Waals surface area contributed by atoms with Gasteiger partial charge in [0.1, 0.15) is 6.61 Å². The van der Waals surface area contributed by atoms with Crippen LogP contribution in [0.5, 0.6) is 0 Å². The molecule has 0 bridgehead atoms. The normalized spacial score (nSPS) is 12.4. The van der Waals surface area contributed by atoms with Crippen molar-refractivity contribution in [1.29, 1.82) is 0 Å². The second-order valence-electron chi connectivity index (χ2n) is 8.28. The maximum Gasteiger partial charge on any atom is 0.264 e. The van der Waals surface area contributed by atoms with Crippen LogP contribution in [0, 0.1) is 0 Å². The van der Waals surface area contributed by atoms with Gasteiger partial charge >= 0.3 is 0 Å². The minimum absolute atomic E-state index is 0.00415. The molecule has 7 nitrogen and oxygen atoms in total. The number of hydrogen-bond donors (Lipinski definition) is 0. The highest BCUT2D eigenvalue weighted by atomic mass is 35.5. The third-order valence-electron chi connectivity index (χ3n) is 4.31. The zero-order valence-corrected chi connectivity index (χ0v) is 19.7. The molecule has 1 aromatic heterocycles. The molecular formula is C22H26ClN3O4S. The van der Waals surface area contributed by atoms with Crippen molar-refractivity contribution >= 4 is 27.3 Å². The smallest absolute Gasteiger partial charge is 0.264 e. The maximum absolute atomic E-state index is 13.6. The molecule has 0 spiro atoms. The summed E-state index contributed by atoms with van der Waals surface area (Å²) in [6.07, 6.45) is 0.00415. The minimum atomic E-state index is -3.89. The quantitative estimate of drug-likeness (QED) is 0.472. The Hall–Kier alpha value is -2.42. The van der Waals surface area contributed by atoms with Crippen LogP contribution in [0.2, 0.25) is 5.02 Å². The van der Waals surface area contributed by atoms with Gasteiger partial charge in [-0.1, -0.05) is 29.8 Å². The standard InChI is InChI=1S/C22H26ClN3O4S/c1-15(2)29-14-20-24-25-21(30-20)18-13-16(23)11-12-19(18)26(22(3,4)5)31(27,28)17-9-7-6-8-10-17/h6-13,15H,14H2,1-5H3. The van der Waals surface area contributed by atoms with E-state index < -0.39 is 15.6 Å². The summed E-state index contributed by atoms with van der Waals surface area (Å²) in [6, 6.07) is 13.2. The van der Waals surface area contributed by atoms with E-state index in [1.54, 1.807) is 48.5 Å². The lowest BCUT2D eigenvalue weighted by Crippen LogP contribution is -2.46. The van der Waals surface area contributed by atoms with Crippen LogP contribution in [0.1, 0.15) is 40.5 Å². The maximum atomic E-state index is 13.6. The highest BCUT2D eigenvalue weighted by Gasteiger charge is 2.36. The van der Waals surface area contributed by atoms with Gasteiger partial charge in [0.2, 0.25) is 11.8 Å². The first kappa shape index (κ1) is 23.2. The van der Waals surface area contributed by atoms with E-state index in [0.717, 1.165) is 0 Å². The van der Waals surface area contributed by atoms with Crippen LogP contribution in [0.25, 0.3) is 11.5 Å². The Kier molecular flexibility index (Phi) is 6.73. The summed E-state index contributed by atoms with van der Waals surface area (Å²) in [5.41, 5.74) is 0.0203. The van der Waals surface area contributed by atoms with Gasteiger partial charge in [0.15, 0.2) is 0 Å². The molecule has 0 radical (unpaired) electrons. The van der Waals surface area contributed by atoms with E-state index in [2.05, 4.69) is 10.2 Å². The molecule has 0 unspecified atom stereocenters. The van der Waals surface area contributed by atoms with Gasteiger partial charge in [-0.15, -0.1) is 10.2 Å². The number of ether oxygens (including phenoxy) is 1. The molecule has 0 aliphatic heterocycles. The third-order valence-corrected chi connectivity index (χ3v) is 6.63. The van der Waals surface area contributed by atoms with Crippen molar-refractivity contribution in [2.75, 3.05) is 4.31 Å². The van der Waals surface area contributed by atoms with Crippen molar-refractivity contribution in [3.8, 4) is 11.5 Å². The van der Waals surface area contributed by atoms with Crippen molar-refractivity contribution in [1.82, 2.24) is 10.2 Å². The number of benzene rings is 2. The average molecular weight is 464 g/mol. The van der Waals surface area contributed by atoms with Crippen LogP contribution >= 0.6 is 11.6 Å². The fourth-order valence-corrected chi connectivity index (χ4v) is 5.09. The topological polar surface area (TPSA) is 85.5 Å². The molecule has 0 atom stereocenters. The molecule has 3 aromatic rings. The molecule has 0 saturated heterocycles. The van der Waals surface area contributed by atoms with Crippen LogP contribution in [0.4, 0.5) is 5.69 Å². The van der Waals surface area contributed by atoms with Crippen LogP contribution in [0.15, 0.2) is 57.8 Å². The number of halogens is 1. The summed E-state index contributed by atoms with van der Waals surface area (Å²) < 4.78 is 39.9. The van der Waals surface area contributed by atoms with E-state index in [9.17, 15) is 8.42 Å². The zero-order valence-electron chi connectivity index (χ0n) is 18.2. The van der Waals surface area contributed by atoms with Crippen molar-refractivity contribution in [2.24, 2.45) is 0 Å². The molecule has 0 N–H and O–H groups in total. The van der Waals surface area contributed by atoms with E-state index in [0.29, 0.717) is 22.2 Å². The number of hydrogen-bond acceptors (Lipinski definition) is 6. The summed E-state index contributed by atoms with van der Waals surface area (Å²) in [6.45, 7) is 9.43. The predicted molar refractivity (Wildman–Crippen MR) is 121 cm³/mol. The van der Waals surface area contributed by atoms with Gasteiger partial charge in [0.25, 0.3) is 10.0 Å². The van der Waals surface area contributed by atoms with Crippen LogP contribution < -0.4 is 4.31 Å². The minimum Gasteiger partial charge on any atom is -0.418 e. The van der Waals surface area contributed by atoms with Crippen molar-refractivity contribution in [3.63, 3.8) is 0 Å². The van der Waals surface area contributed by atoms with E-state index in [4.69, 9.17) is 20.8 Å². The van der Waals surface area contributed by atoms with Gasteiger partial charge in [-0.05, 0) is 65.0 Å². The van der Waals surface area contributed by atoms with Gasteiger partial charge < -0.3 is 9.15 Å². The first-order valence-electron chi connectivity index (χ1n) is 9.84. The molecule has 0 aliphatic carbocycles. The molecular weight excluding hydrogens is 438 g/mol. The van der Waals surface area contributed by atoms with Crippen LogP contribution in [-0.4, -0.2) is 30.3 Å². The van der Waals surface area contributed by atoms with Crippen molar-refractivity contribution in [2.45, 2.75) is 57.8 Å². The van der Waals surface area contributed by atoms with E-state index in [1.807, 2.05) is 34.6 Å². The molecule has 2 aromatic carbocycles. The van der Waals surface area contributed by atoms with Crippen LogP contribution in [0.3, 0.4) is 0 Å². The summed E-state index contributed by atoms with van der Waals surface area (Å²) >= 11 is 6.24. The number of rotatable bonds is 7. The summed E-state index contributed by atoms with van der Waals surface area (Å²) in [5, 5.41) is 8.55. The number of nitrogens with zero attached hydrogens (tertiary/aromatic N) is 3. The number of anilines is 1. The first-order valence-corrected chi connectivity index (χ1v) is 11.7. The molecule has 0 amide bonds. The molecule has 0 aliphatic rings. The average Bonchev–Trinajstić information content (AvgIpc) is 3.16. The van der Waals surface area contributed by atoms with Gasteiger partial charge in [0.05, 0.1) is 22.3 Å². The fraction of sp³-hybridized carbons (Fsp3) is 0.364. The Bertz CT molecular complexity index is 1140. The summed E-state index contributed by atoms with van der Waals surface area (Å²) in [5.74, 6) is 0.459. The Morgan fingerprint density at radius 3 is 2.39 bits per heavy atom. The highest BCUT2D eigenvalue weighted by molar-refractivity contribution is 7.93. The Labute approximate surface area is 188 Å². The largest absolute Gasteiger partial charge is 0.418 e. The Balaban J connectivity index is 2.14. The van der Waals surface area contributed by atoms with Crippen molar-refractivity contribution in [3.05, 3.63) is 59.4 Å². The van der Waals surface area contributed by atoms with Crippen molar-refractivity contribution < 1.29 is 17.6 Å². The third kappa shape index (κ3) is 5.26. The second kappa shape index (κ2) is 8.98. The molecule has 31 heavy (non-hydrogen) atoms. The molecule has 9 heteroatoms. The second-order valence-corrected chi connectivity index (χ2v) is 10.5. The molecule has 0 fully saturated rings. The van der Waals surface area contributed by atoms with E-state index in [1.165, 1.54) is 4.31 Å². The number of aromatic nitrogens is 2. The number of sulfonamides is 1. The fourth-order valence-electron chi connectivity index (χ4n) is 3.06. The van der Waals surface area contributed by atoms with Gasteiger partial charge in [-0.3, -0.25) is 4.31 Å². The van der Waals surface area contributed by atoms with Gasteiger partial charge in [-0.2, -0.15) is 0 Å². The summed E-state index contributed by atoms with van der Waals surface area (Å²) in [4.78, 5) is 0.183. The lowest BCUT2D eigenvalue weighted by atomic mass is 10.1. The molecule has 0 saturated carbocycles. The molecule has 1 heterocycles. The van der Waals surface area contributed by atoms with Crippen LogP contribution in [-0.2, 0) is 21.4 Å². The lowest BCUT2D eigenvalue weighted by molar-refractivity contribution is 0.0519.